The molecule has 0 aromatic rings. The molecule has 66 heavy (non-hydrogen) atoms. The van der Waals surface area contributed by atoms with Crippen molar-refractivity contribution in [2.75, 3.05) is 19.8 Å². The van der Waals surface area contributed by atoms with E-state index in [1.165, 1.54) is 0 Å². The molecule has 392 valence electrons. The molecule has 20 nitrogen and oxygen atoms in total. The monoisotopic (exact) mass is 1170 g/mol. The van der Waals surface area contributed by atoms with Gasteiger partial charge in [0.05, 0.1) is 44.2 Å². The van der Waals surface area contributed by atoms with Gasteiger partial charge < -0.3 is 60.4 Å². The van der Waals surface area contributed by atoms with E-state index in [0.29, 0.717) is 24.2 Å². The summed E-state index contributed by atoms with van der Waals surface area (Å²) in [6, 6.07) is 0. The van der Waals surface area contributed by atoms with Crippen LogP contribution in [-0.2, 0) is 102 Å². The fraction of sp³-hybridized carbons (Fsp3) is 1.00. The zero-order chi connectivity index (χ0) is 50.4. The van der Waals surface area contributed by atoms with Gasteiger partial charge in [0.25, 0.3) is 0 Å². The van der Waals surface area contributed by atoms with Gasteiger partial charge in [-0.2, -0.15) is 0 Å². The van der Waals surface area contributed by atoms with Crippen LogP contribution < -0.4 is 0 Å². The smallest absolute Gasteiger partial charge is 0.392 e. The average molecular weight is 1170 g/mol. The summed E-state index contributed by atoms with van der Waals surface area (Å²) in [5, 5.41) is 77.5. The fourth-order valence-corrected chi connectivity index (χ4v) is 10.1. The molecule has 0 aliphatic heterocycles. The Morgan fingerprint density at radius 3 is 0.970 bits per heavy atom. The zero-order valence-corrected chi connectivity index (χ0v) is 49.9. The number of phosphoric acid groups is 3. The van der Waals surface area contributed by atoms with Gasteiger partial charge in [0.15, 0.2) is 0 Å². The van der Waals surface area contributed by atoms with Crippen molar-refractivity contribution >= 4 is 23.5 Å². The minimum atomic E-state index is -4.60. The fourth-order valence-electron chi connectivity index (χ4n) is 7.40. The molecule has 0 amide bonds. The molecule has 3 fully saturated rings. The van der Waals surface area contributed by atoms with E-state index >= 15 is 0 Å². The summed E-state index contributed by atoms with van der Waals surface area (Å²) in [7, 11) is -12.9. The number of aliphatic hydroxyl groups excluding tert-OH is 8. The predicted octanol–water partition coefficient (Wildman–Crippen LogP) is 4.21. The van der Waals surface area contributed by atoms with Gasteiger partial charge in [-0.25, -0.2) is 13.7 Å². The zero-order valence-electron chi connectivity index (χ0n) is 41.5. The molecule has 3 aliphatic carbocycles. The normalized spacial score (nSPS) is 38.8. The third kappa shape index (κ3) is 24.0. The van der Waals surface area contributed by atoms with Crippen LogP contribution in [0.3, 0.4) is 0 Å². The molecule has 12 N–H and O–H groups in total. The van der Waals surface area contributed by atoms with Crippen LogP contribution >= 0.6 is 23.5 Å². The molecule has 0 heterocycles. The summed E-state index contributed by atoms with van der Waals surface area (Å²) in [6.07, 6.45) is -10.2. The largest absolute Gasteiger partial charge is 0.472 e. The summed E-state index contributed by atoms with van der Waals surface area (Å²) >= 11 is 0. The van der Waals surface area contributed by atoms with Crippen molar-refractivity contribution in [3.63, 3.8) is 0 Å². The molecule has 3 saturated carbocycles. The third-order valence-electron chi connectivity index (χ3n) is 13.8. The van der Waals surface area contributed by atoms with Gasteiger partial charge in [-0.1, -0.05) is 116 Å². The third-order valence-corrected chi connectivity index (χ3v) is 16.3. The second-order valence-corrected chi connectivity index (χ2v) is 22.8. The van der Waals surface area contributed by atoms with Crippen LogP contribution in [-0.4, -0.2) is 141 Å². The maximum absolute atomic E-state index is 12.1. The van der Waals surface area contributed by atoms with Crippen LogP contribution in [0.15, 0.2) is 0 Å². The Labute approximate surface area is 444 Å². The molecule has 3 rings (SSSR count). The first-order chi connectivity index (χ1) is 29.1. The standard InChI is InChI=1S/C15H31O5P.C11H23O9P.C10H20O2.C5H13O4P.2Y/c1-7-9(2)8-19-21(17,18)20-15-12(5)10(3)11(4)14(16)13(15)6;1-3-5(2)4-19-21(17,18)20-11-9(15)7(13)6(12)8(14)10(11)16;1-5-6(2)9(11)8(4)10(12)7(5)3;1-3-5(2)4-9-10(6,7)8;;/h9-16H,7-8H2,1-6H3,(H,17,18);5-16H,3-4H2,1-2H3,(H,17,18);5-12H,1-4H3;5H,3-4H2,1-2H3,(H2,6,7,8);;/t9-,10?,11?,12?,13?,14?,15?;5-,6?,7?,8?,9?,10?,11?;;5-;;/m11.1../s1. The van der Waals surface area contributed by atoms with Crippen LogP contribution in [0.25, 0.3) is 0 Å². The Bertz CT molecular complexity index is 1300. The van der Waals surface area contributed by atoms with E-state index in [-0.39, 0.29) is 145 Å². The molecule has 0 spiro atoms. The van der Waals surface area contributed by atoms with Crippen LogP contribution in [0, 0.1) is 65.1 Å². The number of hydrogen-bond donors (Lipinski definition) is 12. The predicted molar refractivity (Wildman–Crippen MR) is 239 cm³/mol. The molecule has 0 aromatic carbocycles. The number of phosphoric ester groups is 3. The molecule has 2 radical (unpaired) electrons. The SMILES string of the molecule is CC1C(C)C(O)C(C)C(O)C1C.CC[C@@H](C)COP(=O)(O)O.CC[C@@H](C)COP(=O)(O)OC1C(C)C(C)C(C)C(O)C1C.CC[C@@H](C)COP(=O)(O)OC1C(O)C(O)C(O)C(O)C1O.[Y].[Y]. The van der Waals surface area contributed by atoms with Crippen molar-refractivity contribution in [2.24, 2.45) is 65.1 Å². The van der Waals surface area contributed by atoms with Gasteiger partial charge >= 0.3 is 23.5 Å². The van der Waals surface area contributed by atoms with Gasteiger partial charge in [0, 0.05) is 77.3 Å². The van der Waals surface area contributed by atoms with E-state index in [9.17, 15) is 64.3 Å². The second kappa shape index (κ2) is 33.2. The maximum Gasteiger partial charge on any atom is 0.472 e. The molecule has 19 atom stereocenters. The molecule has 0 saturated heterocycles. The molecule has 16 unspecified atom stereocenters. The first-order valence-electron chi connectivity index (χ1n) is 22.6. The summed E-state index contributed by atoms with van der Waals surface area (Å²) in [4.78, 5) is 36.0. The molecule has 0 aromatic heterocycles. The molecular weight excluding hydrogens is 1080 g/mol. The van der Waals surface area contributed by atoms with Crippen LogP contribution in [0.5, 0.6) is 0 Å². The topological polar surface area (TPSA) is 340 Å². The van der Waals surface area contributed by atoms with E-state index in [2.05, 4.69) is 29.8 Å². The summed E-state index contributed by atoms with van der Waals surface area (Å²) < 4.78 is 58.1. The first kappa shape index (κ1) is 72.5. The Hall–Kier alpha value is 2.22. The van der Waals surface area contributed by atoms with Crippen molar-refractivity contribution in [3.8, 4) is 0 Å². The Morgan fingerprint density at radius 2 is 0.652 bits per heavy atom. The Morgan fingerprint density at radius 1 is 0.379 bits per heavy atom. The van der Waals surface area contributed by atoms with E-state index in [1.807, 2.05) is 69.2 Å². The summed E-state index contributed by atoms with van der Waals surface area (Å²) in [5.41, 5.74) is 0. The number of hydrogen-bond acceptors (Lipinski definition) is 16. The van der Waals surface area contributed by atoms with Crippen molar-refractivity contribution in [1.82, 2.24) is 0 Å². The van der Waals surface area contributed by atoms with Crippen LogP contribution in [0.1, 0.15) is 116 Å². The molecule has 0 bridgehead atoms. The van der Waals surface area contributed by atoms with E-state index in [1.54, 1.807) is 6.92 Å². The van der Waals surface area contributed by atoms with Gasteiger partial charge in [-0.05, 0) is 53.3 Å². The van der Waals surface area contributed by atoms with Gasteiger partial charge in [0.1, 0.15) is 36.6 Å². The second-order valence-electron chi connectivity index (χ2n) is 18.8. The van der Waals surface area contributed by atoms with E-state index in [4.69, 9.17) is 23.4 Å². The average Bonchev–Trinajstić information content (AvgIpc) is 3.25. The van der Waals surface area contributed by atoms with Crippen LogP contribution in [0.4, 0.5) is 0 Å². The Balaban J connectivity index is -0.000000829. The maximum atomic E-state index is 12.1. The number of aliphatic hydroxyl groups is 8. The van der Waals surface area contributed by atoms with Crippen LogP contribution in [0.2, 0.25) is 0 Å². The van der Waals surface area contributed by atoms with E-state index < -0.39 is 72.3 Å². The van der Waals surface area contributed by atoms with Crippen molar-refractivity contribution in [2.45, 2.75) is 177 Å². The quantitative estimate of drug-likeness (QED) is 0.0963. The minimum Gasteiger partial charge on any atom is -0.392 e. The molecular formula is C41H87O20P3Y2. The first-order valence-corrected chi connectivity index (χ1v) is 27.1. The summed E-state index contributed by atoms with van der Waals surface area (Å²) in [6.45, 7) is 27.8. The summed E-state index contributed by atoms with van der Waals surface area (Å²) in [5.74, 6) is 1.70. The van der Waals surface area contributed by atoms with Crippen molar-refractivity contribution in [1.29, 1.82) is 0 Å². The number of rotatable bonds is 16. The molecule has 3 aliphatic rings. The van der Waals surface area contributed by atoms with Gasteiger partial charge in [-0.3, -0.25) is 22.6 Å². The van der Waals surface area contributed by atoms with E-state index in [0.717, 1.165) is 12.8 Å². The van der Waals surface area contributed by atoms with Gasteiger partial charge in [-0.15, -0.1) is 0 Å². The molecule has 25 heteroatoms. The minimum absolute atomic E-state index is 0. The van der Waals surface area contributed by atoms with Gasteiger partial charge in [0.2, 0.25) is 0 Å². The Kier molecular flexibility index (Phi) is 36.5. The van der Waals surface area contributed by atoms with Crippen molar-refractivity contribution < 1.29 is 162 Å². The van der Waals surface area contributed by atoms with Crippen molar-refractivity contribution in [3.05, 3.63) is 0 Å².